The molecule has 5 heteroatoms. The van der Waals surface area contributed by atoms with Crippen LogP contribution in [0.4, 0.5) is 10.5 Å². The fourth-order valence-corrected chi connectivity index (χ4v) is 1.87. The molecule has 4 nitrogen and oxygen atoms in total. The summed E-state index contributed by atoms with van der Waals surface area (Å²) in [7, 11) is 0. The summed E-state index contributed by atoms with van der Waals surface area (Å²) in [6.45, 7) is 8.22. The predicted octanol–water partition coefficient (Wildman–Crippen LogP) is 4.16. The normalized spacial score (nSPS) is 12.7. The Bertz CT molecular complexity index is 426. The van der Waals surface area contributed by atoms with Gasteiger partial charge in [-0.25, -0.2) is 4.79 Å². The van der Waals surface area contributed by atoms with Gasteiger partial charge in [0.05, 0.1) is 0 Å². The maximum absolute atomic E-state index is 11.5. The van der Waals surface area contributed by atoms with Gasteiger partial charge < -0.3 is 15.4 Å². The first-order chi connectivity index (χ1) is 9.26. The second kappa shape index (κ2) is 7.53. The van der Waals surface area contributed by atoms with Crippen molar-refractivity contribution < 1.29 is 9.53 Å². The summed E-state index contributed by atoms with van der Waals surface area (Å²) in [4.78, 5) is 11.5. The number of hydrogen-bond donors (Lipinski definition) is 2. The van der Waals surface area contributed by atoms with Gasteiger partial charge >= 0.3 is 6.09 Å². The summed E-state index contributed by atoms with van der Waals surface area (Å²) >= 11 is 3.40. The molecule has 20 heavy (non-hydrogen) atoms. The van der Waals surface area contributed by atoms with Crippen molar-refractivity contribution in [1.82, 2.24) is 5.32 Å². The fraction of sp³-hybridized carbons (Fsp3) is 0.533. The van der Waals surface area contributed by atoms with Gasteiger partial charge in [0.25, 0.3) is 0 Å². The topological polar surface area (TPSA) is 50.4 Å². The molecule has 0 radical (unpaired) electrons. The Labute approximate surface area is 129 Å². The highest BCUT2D eigenvalue weighted by atomic mass is 79.9. The second-order valence-electron chi connectivity index (χ2n) is 5.77. The first-order valence-electron chi connectivity index (χ1n) is 6.75. The molecule has 0 heterocycles. The Hall–Kier alpha value is -1.23. The molecule has 0 aliphatic carbocycles. The molecule has 0 aromatic heterocycles. The first kappa shape index (κ1) is 16.8. The molecular formula is C15H23BrN2O2. The Morgan fingerprint density at radius 1 is 1.30 bits per heavy atom. The summed E-state index contributed by atoms with van der Waals surface area (Å²) in [5.41, 5.74) is 0.615. The number of carbonyl (C=O) groups excluding carboxylic acids is 1. The minimum Gasteiger partial charge on any atom is -0.444 e. The molecule has 112 valence electrons. The van der Waals surface area contributed by atoms with Crippen molar-refractivity contribution in [2.45, 2.75) is 45.8 Å². The van der Waals surface area contributed by atoms with E-state index in [9.17, 15) is 4.79 Å². The van der Waals surface area contributed by atoms with E-state index < -0.39 is 5.60 Å². The van der Waals surface area contributed by atoms with Crippen molar-refractivity contribution in [1.29, 1.82) is 0 Å². The van der Waals surface area contributed by atoms with Crippen LogP contribution in [0.5, 0.6) is 0 Å². The fourth-order valence-electron chi connectivity index (χ4n) is 1.61. The standard InChI is InChI=1S/C15H23BrN2O2/c1-11(18-13-7-5-12(16)6-8-13)9-10-17-14(19)20-15(2,3)4/h5-8,11,18H,9-10H2,1-4H3,(H,17,19)/t11-/m0/s1. The maximum atomic E-state index is 11.5. The SMILES string of the molecule is C[C@@H](CCNC(=O)OC(C)(C)C)Nc1ccc(Br)cc1. The van der Waals surface area contributed by atoms with Gasteiger partial charge in [-0.15, -0.1) is 0 Å². The van der Waals surface area contributed by atoms with Gasteiger partial charge in [0, 0.05) is 22.7 Å². The first-order valence-corrected chi connectivity index (χ1v) is 7.54. The van der Waals surface area contributed by atoms with Crippen LogP contribution in [0.25, 0.3) is 0 Å². The van der Waals surface area contributed by atoms with Gasteiger partial charge in [-0.1, -0.05) is 15.9 Å². The van der Waals surface area contributed by atoms with E-state index in [-0.39, 0.29) is 12.1 Å². The van der Waals surface area contributed by atoms with Gasteiger partial charge in [-0.3, -0.25) is 0 Å². The zero-order valence-electron chi connectivity index (χ0n) is 12.5. The van der Waals surface area contributed by atoms with Crippen LogP contribution in [0.15, 0.2) is 28.7 Å². The van der Waals surface area contributed by atoms with Crippen LogP contribution in [0, 0.1) is 0 Å². The van der Waals surface area contributed by atoms with E-state index in [2.05, 4.69) is 33.5 Å². The molecule has 0 aliphatic rings. The molecule has 0 fully saturated rings. The number of ether oxygens (including phenoxy) is 1. The summed E-state index contributed by atoms with van der Waals surface area (Å²) < 4.78 is 6.23. The van der Waals surface area contributed by atoms with E-state index in [0.717, 1.165) is 16.6 Å². The summed E-state index contributed by atoms with van der Waals surface area (Å²) in [5.74, 6) is 0. The number of nitrogens with one attached hydrogen (secondary N) is 2. The zero-order valence-corrected chi connectivity index (χ0v) is 14.1. The molecule has 1 rings (SSSR count). The Morgan fingerprint density at radius 2 is 1.90 bits per heavy atom. The van der Waals surface area contributed by atoms with E-state index in [1.165, 1.54) is 0 Å². The Morgan fingerprint density at radius 3 is 2.45 bits per heavy atom. The van der Waals surface area contributed by atoms with Crippen LogP contribution in [0.3, 0.4) is 0 Å². The molecule has 0 aliphatic heterocycles. The van der Waals surface area contributed by atoms with Gasteiger partial charge in [0.1, 0.15) is 5.60 Å². The molecule has 0 saturated carbocycles. The van der Waals surface area contributed by atoms with Crippen LogP contribution in [0.2, 0.25) is 0 Å². The lowest BCUT2D eigenvalue weighted by atomic mass is 10.2. The van der Waals surface area contributed by atoms with Crippen LogP contribution in [-0.2, 0) is 4.74 Å². The minimum absolute atomic E-state index is 0.270. The highest BCUT2D eigenvalue weighted by molar-refractivity contribution is 9.10. The number of halogens is 1. The number of amides is 1. The largest absolute Gasteiger partial charge is 0.444 e. The van der Waals surface area contributed by atoms with Gasteiger partial charge in [0.15, 0.2) is 0 Å². The number of rotatable bonds is 5. The van der Waals surface area contributed by atoms with Gasteiger partial charge in [-0.2, -0.15) is 0 Å². The molecule has 1 amide bonds. The summed E-state index contributed by atoms with van der Waals surface area (Å²) in [6, 6.07) is 8.29. The molecule has 1 atom stereocenters. The third-order valence-electron chi connectivity index (χ3n) is 2.50. The van der Waals surface area contributed by atoms with E-state index in [0.29, 0.717) is 6.54 Å². The smallest absolute Gasteiger partial charge is 0.407 e. The van der Waals surface area contributed by atoms with E-state index >= 15 is 0 Å². The third kappa shape index (κ3) is 7.38. The van der Waals surface area contributed by atoms with Crippen molar-refractivity contribution in [2.24, 2.45) is 0 Å². The number of carbonyl (C=O) groups is 1. The average Bonchev–Trinajstić information content (AvgIpc) is 2.29. The molecule has 1 aromatic rings. The van der Waals surface area contributed by atoms with Gasteiger partial charge in [0.2, 0.25) is 0 Å². The van der Waals surface area contributed by atoms with Crippen molar-refractivity contribution in [2.75, 3.05) is 11.9 Å². The monoisotopic (exact) mass is 342 g/mol. The average molecular weight is 343 g/mol. The molecule has 0 saturated heterocycles. The van der Waals surface area contributed by atoms with Crippen molar-refractivity contribution in [3.05, 3.63) is 28.7 Å². The molecule has 0 bridgehead atoms. The Balaban J connectivity index is 2.25. The zero-order chi connectivity index (χ0) is 15.2. The van der Waals surface area contributed by atoms with Crippen LogP contribution >= 0.6 is 15.9 Å². The number of hydrogen-bond acceptors (Lipinski definition) is 3. The number of anilines is 1. The van der Waals surface area contributed by atoms with Crippen molar-refractivity contribution in [3.63, 3.8) is 0 Å². The molecule has 2 N–H and O–H groups in total. The van der Waals surface area contributed by atoms with Crippen LogP contribution in [0.1, 0.15) is 34.1 Å². The molecule has 0 spiro atoms. The maximum Gasteiger partial charge on any atom is 0.407 e. The molecule has 1 aromatic carbocycles. The predicted molar refractivity (Wildman–Crippen MR) is 86.1 cm³/mol. The lowest BCUT2D eigenvalue weighted by Gasteiger charge is -2.20. The molecule has 0 unspecified atom stereocenters. The lowest BCUT2D eigenvalue weighted by molar-refractivity contribution is 0.0527. The number of alkyl carbamates (subject to hydrolysis) is 1. The molecular weight excluding hydrogens is 320 g/mol. The minimum atomic E-state index is -0.453. The third-order valence-corrected chi connectivity index (χ3v) is 3.03. The van der Waals surface area contributed by atoms with Crippen LogP contribution < -0.4 is 10.6 Å². The lowest BCUT2D eigenvalue weighted by Crippen LogP contribution is -2.34. The van der Waals surface area contributed by atoms with E-state index in [4.69, 9.17) is 4.74 Å². The quantitative estimate of drug-likeness (QED) is 0.844. The van der Waals surface area contributed by atoms with E-state index in [1.54, 1.807) is 0 Å². The van der Waals surface area contributed by atoms with Crippen molar-refractivity contribution in [3.8, 4) is 0 Å². The second-order valence-corrected chi connectivity index (χ2v) is 6.69. The van der Waals surface area contributed by atoms with E-state index in [1.807, 2.05) is 45.0 Å². The summed E-state index contributed by atoms with van der Waals surface area (Å²) in [6.07, 6.45) is 0.461. The highest BCUT2D eigenvalue weighted by Gasteiger charge is 2.15. The Kier molecular flexibility index (Phi) is 6.33. The van der Waals surface area contributed by atoms with Gasteiger partial charge in [-0.05, 0) is 58.4 Å². The summed E-state index contributed by atoms with van der Waals surface area (Å²) in [5, 5.41) is 6.13. The highest BCUT2D eigenvalue weighted by Crippen LogP contribution is 2.15. The number of benzene rings is 1. The van der Waals surface area contributed by atoms with Crippen LogP contribution in [-0.4, -0.2) is 24.3 Å². The van der Waals surface area contributed by atoms with Crippen molar-refractivity contribution >= 4 is 27.7 Å².